The van der Waals surface area contributed by atoms with E-state index in [2.05, 4.69) is 10.3 Å². The minimum Gasteiger partial charge on any atom is -0.480 e. The predicted molar refractivity (Wildman–Crippen MR) is 82.5 cm³/mol. The lowest BCUT2D eigenvalue weighted by Crippen LogP contribution is -2.55. The number of rotatable bonds is 7. The van der Waals surface area contributed by atoms with Crippen molar-refractivity contribution in [3.05, 3.63) is 30.1 Å². The summed E-state index contributed by atoms with van der Waals surface area (Å²) in [6.07, 6.45) is 5.02. The molecule has 120 valence electrons. The van der Waals surface area contributed by atoms with Gasteiger partial charge in [-0.05, 0) is 37.9 Å². The number of amides is 1. The maximum Gasteiger partial charge on any atom is 0.317 e. The number of aromatic nitrogens is 1. The molecule has 1 atom stereocenters. The summed E-state index contributed by atoms with van der Waals surface area (Å²) < 4.78 is 0. The Bertz CT molecular complexity index is 515. The van der Waals surface area contributed by atoms with Crippen LogP contribution in [0.5, 0.6) is 0 Å². The Kier molecular flexibility index (Phi) is 5.49. The Morgan fingerprint density at radius 2 is 2.23 bits per heavy atom. The van der Waals surface area contributed by atoms with E-state index in [1.807, 2.05) is 30.9 Å². The number of hydrogen-bond acceptors (Lipinski definition) is 4. The van der Waals surface area contributed by atoms with E-state index < -0.39 is 5.97 Å². The van der Waals surface area contributed by atoms with Gasteiger partial charge in [0, 0.05) is 24.5 Å². The normalized spacial score (nSPS) is 22.0. The molecule has 1 fully saturated rings. The van der Waals surface area contributed by atoms with E-state index in [1.54, 1.807) is 12.4 Å². The lowest BCUT2D eigenvalue weighted by Gasteiger charge is -2.42. The number of hydrogen-bond donors (Lipinski definition) is 2. The molecule has 6 heteroatoms. The van der Waals surface area contributed by atoms with Crippen molar-refractivity contribution in [1.82, 2.24) is 15.2 Å². The fraction of sp³-hybridized carbons (Fsp3) is 0.562. The predicted octanol–water partition coefficient (Wildman–Crippen LogP) is 1.24. The molecule has 1 aromatic heterocycles. The molecular weight excluding hydrogens is 282 g/mol. The molecule has 0 aromatic carbocycles. The number of likely N-dealkylation sites (N-methyl/N-ethyl adjacent to an activating group) is 1. The highest BCUT2D eigenvalue weighted by Crippen LogP contribution is 2.26. The number of pyridine rings is 1. The van der Waals surface area contributed by atoms with Crippen molar-refractivity contribution in [2.75, 3.05) is 13.1 Å². The molecule has 0 radical (unpaired) electrons. The standard InChI is InChI=1S/C16H23N3O3/c1-3-19(10-15(20)21)14-7-13(8-14)18-16(22)11(2)12-5-4-6-17-9-12/h4-6,9,11,13-14H,3,7-8,10H2,1-2H3,(H,18,22)(H,20,21)/t11-,13?,14?/m0/s1. The summed E-state index contributed by atoms with van der Waals surface area (Å²) in [5.41, 5.74) is 0.900. The van der Waals surface area contributed by atoms with E-state index in [4.69, 9.17) is 5.11 Å². The largest absolute Gasteiger partial charge is 0.480 e. The van der Waals surface area contributed by atoms with Gasteiger partial charge in [0.2, 0.25) is 5.91 Å². The molecule has 1 saturated carbocycles. The zero-order valence-electron chi connectivity index (χ0n) is 13.0. The third-order valence-electron chi connectivity index (χ3n) is 4.30. The molecule has 0 saturated heterocycles. The zero-order valence-corrected chi connectivity index (χ0v) is 13.0. The van der Waals surface area contributed by atoms with Gasteiger partial charge in [-0.1, -0.05) is 13.0 Å². The van der Waals surface area contributed by atoms with Gasteiger partial charge in [0.1, 0.15) is 0 Å². The maximum absolute atomic E-state index is 12.2. The first-order valence-electron chi connectivity index (χ1n) is 7.67. The molecule has 2 N–H and O–H groups in total. The van der Waals surface area contributed by atoms with Crippen molar-refractivity contribution in [3.63, 3.8) is 0 Å². The van der Waals surface area contributed by atoms with Gasteiger partial charge in [-0.2, -0.15) is 0 Å². The summed E-state index contributed by atoms with van der Waals surface area (Å²) in [6.45, 7) is 4.60. The Hall–Kier alpha value is -1.95. The number of nitrogens with one attached hydrogen (secondary N) is 1. The number of carboxylic acid groups (broad SMARTS) is 1. The van der Waals surface area contributed by atoms with E-state index in [9.17, 15) is 9.59 Å². The van der Waals surface area contributed by atoms with Crippen LogP contribution >= 0.6 is 0 Å². The molecule has 6 nitrogen and oxygen atoms in total. The average molecular weight is 305 g/mol. The Labute approximate surface area is 130 Å². The van der Waals surface area contributed by atoms with Gasteiger partial charge in [-0.25, -0.2) is 0 Å². The van der Waals surface area contributed by atoms with E-state index in [-0.39, 0.29) is 30.5 Å². The second-order valence-electron chi connectivity index (χ2n) is 5.80. The second kappa shape index (κ2) is 7.35. The van der Waals surface area contributed by atoms with Crippen LogP contribution in [0.3, 0.4) is 0 Å². The quantitative estimate of drug-likeness (QED) is 0.792. The van der Waals surface area contributed by atoms with E-state index in [0.29, 0.717) is 6.54 Å². The first kappa shape index (κ1) is 16.4. The molecule has 0 aliphatic heterocycles. The molecule has 0 unspecified atom stereocenters. The number of nitrogens with zero attached hydrogens (tertiary/aromatic N) is 2. The van der Waals surface area contributed by atoms with Gasteiger partial charge in [0.05, 0.1) is 12.5 Å². The lowest BCUT2D eigenvalue weighted by molar-refractivity contribution is -0.139. The second-order valence-corrected chi connectivity index (χ2v) is 5.80. The van der Waals surface area contributed by atoms with Gasteiger partial charge in [0.15, 0.2) is 0 Å². The molecule has 1 heterocycles. The minimum absolute atomic E-state index is 0.00210. The Morgan fingerprint density at radius 1 is 1.50 bits per heavy atom. The molecule has 0 bridgehead atoms. The van der Waals surface area contributed by atoms with Crippen molar-refractivity contribution < 1.29 is 14.7 Å². The molecule has 22 heavy (non-hydrogen) atoms. The highest BCUT2D eigenvalue weighted by molar-refractivity contribution is 5.83. The van der Waals surface area contributed by atoms with Crippen LogP contribution in [0, 0.1) is 0 Å². The summed E-state index contributed by atoms with van der Waals surface area (Å²) in [7, 11) is 0. The first-order valence-corrected chi connectivity index (χ1v) is 7.67. The molecule has 1 aromatic rings. The summed E-state index contributed by atoms with van der Waals surface area (Å²) in [6, 6.07) is 4.11. The van der Waals surface area contributed by atoms with Crippen molar-refractivity contribution in [1.29, 1.82) is 0 Å². The number of aliphatic carboxylic acids is 1. The Balaban J connectivity index is 1.79. The first-order chi connectivity index (χ1) is 10.5. The summed E-state index contributed by atoms with van der Waals surface area (Å²) >= 11 is 0. The van der Waals surface area contributed by atoms with Gasteiger partial charge >= 0.3 is 5.97 Å². The molecule has 2 rings (SSSR count). The van der Waals surface area contributed by atoms with Crippen molar-refractivity contribution in [2.24, 2.45) is 0 Å². The smallest absolute Gasteiger partial charge is 0.317 e. The maximum atomic E-state index is 12.2. The average Bonchev–Trinajstić information content (AvgIpc) is 2.48. The van der Waals surface area contributed by atoms with Crippen LogP contribution in [0.15, 0.2) is 24.5 Å². The summed E-state index contributed by atoms with van der Waals surface area (Å²) in [5, 5.41) is 11.9. The highest BCUT2D eigenvalue weighted by atomic mass is 16.4. The fourth-order valence-electron chi connectivity index (χ4n) is 2.79. The SMILES string of the molecule is CCN(CC(=O)O)C1CC(NC(=O)[C@@H](C)c2cccnc2)C1. The number of carboxylic acids is 1. The monoisotopic (exact) mass is 305 g/mol. The van der Waals surface area contributed by atoms with Crippen LogP contribution in [0.4, 0.5) is 0 Å². The number of carbonyl (C=O) groups excluding carboxylic acids is 1. The summed E-state index contributed by atoms with van der Waals surface area (Å²) in [5.74, 6) is -1.04. The van der Waals surface area contributed by atoms with Crippen LogP contribution in [0.2, 0.25) is 0 Å². The van der Waals surface area contributed by atoms with Crippen molar-refractivity contribution in [2.45, 2.75) is 44.7 Å². The highest BCUT2D eigenvalue weighted by Gasteiger charge is 2.35. The number of carbonyl (C=O) groups is 2. The van der Waals surface area contributed by atoms with Crippen molar-refractivity contribution >= 4 is 11.9 Å². The molecule has 1 aliphatic rings. The fourth-order valence-corrected chi connectivity index (χ4v) is 2.79. The topological polar surface area (TPSA) is 82.5 Å². The summed E-state index contributed by atoms with van der Waals surface area (Å²) in [4.78, 5) is 29.0. The van der Waals surface area contributed by atoms with Crippen LogP contribution in [-0.4, -0.2) is 52.0 Å². The molecule has 0 spiro atoms. The molecule has 1 amide bonds. The van der Waals surface area contributed by atoms with Gasteiger partial charge < -0.3 is 10.4 Å². The van der Waals surface area contributed by atoms with Gasteiger partial charge in [-0.15, -0.1) is 0 Å². The van der Waals surface area contributed by atoms with Crippen molar-refractivity contribution in [3.8, 4) is 0 Å². The third-order valence-corrected chi connectivity index (χ3v) is 4.30. The van der Waals surface area contributed by atoms with Gasteiger partial charge in [0.25, 0.3) is 0 Å². The van der Waals surface area contributed by atoms with Crippen LogP contribution in [0.1, 0.15) is 38.2 Å². The van der Waals surface area contributed by atoms with E-state index >= 15 is 0 Å². The Morgan fingerprint density at radius 3 is 2.77 bits per heavy atom. The van der Waals surface area contributed by atoms with E-state index in [1.165, 1.54) is 0 Å². The van der Waals surface area contributed by atoms with Crippen LogP contribution in [-0.2, 0) is 9.59 Å². The lowest BCUT2D eigenvalue weighted by atomic mass is 9.84. The molecular formula is C16H23N3O3. The van der Waals surface area contributed by atoms with Gasteiger partial charge in [-0.3, -0.25) is 19.5 Å². The van der Waals surface area contributed by atoms with Crippen LogP contribution < -0.4 is 5.32 Å². The van der Waals surface area contributed by atoms with E-state index in [0.717, 1.165) is 18.4 Å². The van der Waals surface area contributed by atoms with Crippen LogP contribution in [0.25, 0.3) is 0 Å². The molecule has 1 aliphatic carbocycles. The third kappa shape index (κ3) is 4.04. The zero-order chi connectivity index (χ0) is 16.1. The minimum atomic E-state index is -0.806.